The third-order valence-corrected chi connectivity index (χ3v) is 5.39. The zero-order valence-electron chi connectivity index (χ0n) is 14.9. The Labute approximate surface area is 156 Å². The predicted molar refractivity (Wildman–Crippen MR) is 99.5 cm³/mol. The number of nitrogen functional groups attached to an aromatic ring is 1. The molecule has 27 heavy (non-hydrogen) atoms. The van der Waals surface area contributed by atoms with Crippen molar-refractivity contribution >= 4 is 23.4 Å². The van der Waals surface area contributed by atoms with Crippen LogP contribution in [0.25, 0.3) is 0 Å². The molecule has 0 bridgehead atoms. The van der Waals surface area contributed by atoms with Crippen LogP contribution in [0.4, 0.5) is 17.6 Å². The van der Waals surface area contributed by atoms with Gasteiger partial charge in [0.2, 0.25) is 5.95 Å². The second-order valence-electron chi connectivity index (χ2n) is 7.01. The number of ketones is 1. The van der Waals surface area contributed by atoms with Crippen LogP contribution in [-0.4, -0.2) is 42.1 Å². The molecule has 1 fully saturated rings. The van der Waals surface area contributed by atoms with Gasteiger partial charge in [0.1, 0.15) is 17.4 Å². The van der Waals surface area contributed by atoms with Gasteiger partial charge in [0.05, 0.1) is 31.0 Å². The number of ether oxygens (including phenoxy) is 1. The van der Waals surface area contributed by atoms with Crippen LogP contribution in [0.5, 0.6) is 0 Å². The van der Waals surface area contributed by atoms with Crippen LogP contribution < -0.4 is 16.0 Å². The first-order chi connectivity index (χ1) is 13.2. The van der Waals surface area contributed by atoms with Gasteiger partial charge in [-0.2, -0.15) is 9.97 Å². The maximum Gasteiger partial charge on any atom is 0.229 e. The number of hydrogen-bond acceptors (Lipinski definition) is 8. The average Bonchev–Trinajstić information content (AvgIpc) is 3.21. The Morgan fingerprint density at radius 1 is 1.22 bits per heavy atom. The largest absolute Gasteiger partial charge is 0.468 e. The molecule has 0 aromatic carbocycles. The molecule has 2 aromatic heterocycles. The lowest BCUT2D eigenvalue weighted by molar-refractivity contribution is -0.116. The third kappa shape index (κ3) is 2.68. The number of morpholine rings is 1. The fourth-order valence-corrected chi connectivity index (χ4v) is 4.11. The quantitative estimate of drug-likeness (QED) is 0.831. The number of furan rings is 1. The number of rotatable bonds is 2. The molecule has 1 aliphatic carbocycles. The van der Waals surface area contributed by atoms with E-state index in [1.54, 1.807) is 6.26 Å². The van der Waals surface area contributed by atoms with Crippen molar-refractivity contribution in [1.82, 2.24) is 9.97 Å². The summed E-state index contributed by atoms with van der Waals surface area (Å²) < 4.78 is 11.1. The maximum absolute atomic E-state index is 12.7. The lowest BCUT2D eigenvalue weighted by Gasteiger charge is -2.34. The Morgan fingerprint density at radius 3 is 2.85 bits per heavy atom. The van der Waals surface area contributed by atoms with Gasteiger partial charge in [0.15, 0.2) is 5.78 Å². The van der Waals surface area contributed by atoms with Crippen LogP contribution in [0.15, 0.2) is 34.1 Å². The summed E-state index contributed by atoms with van der Waals surface area (Å²) in [6.45, 7) is 2.75. The minimum absolute atomic E-state index is 0.132. The lowest BCUT2D eigenvalue weighted by Crippen LogP contribution is -2.38. The van der Waals surface area contributed by atoms with Crippen molar-refractivity contribution in [3.05, 3.63) is 41.0 Å². The molecular weight excluding hydrogens is 346 g/mol. The number of aromatic nitrogens is 2. The second kappa shape index (κ2) is 6.38. The molecule has 2 aromatic rings. The summed E-state index contributed by atoms with van der Waals surface area (Å²) in [5, 5.41) is 3.37. The molecule has 2 aliphatic heterocycles. The summed E-state index contributed by atoms with van der Waals surface area (Å²) in [5.41, 5.74) is 8.76. The van der Waals surface area contributed by atoms with Crippen molar-refractivity contribution in [2.75, 3.05) is 42.3 Å². The summed E-state index contributed by atoms with van der Waals surface area (Å²) in [6.07, 6.45) is 3.81. The van der Waals surface area contributed by atoms with Crippen molar-refractivity contribution in [2.45, 2.75) is 25.2 Å². The predicted octanol–water partition coefficient (Wildman–Crippen LogP) is 2.05. The van der Waals surface area contributed by atoms with E-state index in [1.165, 1.54) is 0 Å². The lowest BCUT2D eigenvalue weighted by atomic mass is 9.78. The van der Waals surface area contributed by atoms with Gasteiger partial charge in [-0.3, -0.25) is 4.79 Å². The van der Waals surface area contributed by atoms with Gasteiger partial charge in [-0.1, -0.05) is 0 Å². The van der Waals surface area contributed by atoms with Crippen LogP contribution >= 0.6 is 0 Å². The average molecular weight is 367 g/mol. The number of nitrogens with zero attached hydrogens (tertiary/aromatic N) is 3. The highest BCUT2D eigenvalue weighted by Crippen LogP contribution is 2.46. The molecular formula is C19H21N5O3. The van der Waals surface area contributed by atoms with Crippen LogP contribution in [0.1, 0.15) is 36.5 Å². The Kier molecular flexibility index (Phi) is 3.86. The molecule has 0 radical (unpaired) electrons. The van der Waals surface area contributed by atoms with E-state index in [4.69, 9.17) is 19.9 Å². The Balaban J connectivity index is 1.65. The molecule has 140 valence electrons. The molecule has 1 saturated heterocycles. The van der Waals surface area contributed by atoms with E-state index in [1.807, 2.05) is 12.1 Å². The fraction of sp³-hybridized carbons (Fsp3) is 0.421. The molecule has 4 heterocycles. The van der Waals surface area contributed by atoms with E-state index in [2.05, 4.69) is 15.2 Å². The second-order valence-corrected chi connectivity index (χ2v) is 7.01. The summed E-state index contributed by atoms with van der Waals surface area (Å²) in [7, 11) is 0. The molecule has 1 atom stereocenters. The Hall–Kier alpha value is -2.87. The Bertz CT molecular complexity index is 916. The van der Waals surface area contributed by atoms with Crippen molar-refractivity contribution in [2.24, 2.45) is 0 Å². The van der Waals surface area contributed by atoms with Gasteiger partial charge >= 0.3 is 0 Å². The SMILES string of the molecule is Nc1nc(N2CCOCC2)nc2c1[C@H](c1ccco1)C1=C(CCCC1=O)N2. The molecule has 5 rings (SSSR count). The summed E-state index contributed by atoms with van der Waals surface area (Å²) in [6, 6.07) is 3.70. The smallest absolute Gasteiger partial charge is 0.229 e. The van der Waals surface area contributed by atoms with Gasteiger partial charge in [-0.25, -0.2) is 0 Å². The number of allylic oxidation sites excluding steroid dienone is 2. The van der Waals surface area contributed by atoms with Crippen molar-refractivity contribution in [1.29, 1.82) is 0 Å². The molecule has 8 nitrogen and oxygen atoms in total. The summed E-state index contributed by atoms with van der Waals surface area (Å²) in [4.78, 5) is 24.1. The van der Waals surface area contributed by atoms with Crippen molar-refractivity contribution < 1.29 is 13.9 Å². The molecule has 0 spiro atoms. The number of carbonyl (C=O) groups excluding carboxylic acids is 1. The number of fused-ring (bicyclic) bond motifs is 1. The first-order valence-corrected chi connectivity index (χ1v) is 9.29. The van der Waals surface area contributed by atoms with Crippen LogP contribution in [-0.2, 0) is 9.53 Å². The fourth-order valence-electron chi connectivity index (χ4n) is 4.11. The number of anilines is 3. The zero-order valence-corrected chi connectivity index (χ0v) is 14.9. The van der Waals surface area contributed by atoms with Gasteiger partial charge in [-0.15, -0.1) is 0 Å². The van der Waals surface area contributed by atoms with Crippen LogP contribution in [0.2, 0.25) is 0 Å². The third-order valence-electron chi connectivity index (χ3n) is 5.39. The first kappa shape index (κ1) is 16.3. The van der Waals surface area contributed by atoms with Gasteiger partial charge in [0.25, 0.3) is 0 Å². The molecule has 3 aliphatic rings. The van der Waals surface area contributed by atoms with Gasteiger partial charge in [0, 0.05) is 30.8 Å². The van der Waals surface area contributed by atoms with E-state index in [9.17, 15) is 4.79 Å². The number of nitrogens with one attached hydrogen (secondary N) is 1. The maximum atomic E-state index is 12.7. The number of carbonyl (C=O) groups is 1. The number of Topliss-reactive ketones (excluding diaryl/α,β-unsaturated/α-hetero) is 1. The summed E-state index contributed by atoms with van der Waals surface area (Å²) >= 11 is 0. The first-order valence-electron chi connectivity index (χ1n) is 9.29. The van der Waals surface area contributed by atoms with Gasteiger partial charge < -0.3 is 25.1 Å². The van der Waals surface area contributed by atoms with Gasteiger partial charge in [-0.05, 0) is 25.0 Å². The standard InChI is InChI=1S/C19H21N5O3/c20-17-16-15(13-5-2-8-27-13)14-11(3-1-4-12(14)25)21-18(16)23-19(22-17)24-6-9-26-10-7-24/h2,5,8,15H,1,3-4,6-7,9-10H2,(H3,20,21,22,23)/t15-/m1/s1. The molecule has 0 unspecified atom stereocenters. The van der Waals surface area contributed by atoms with E-state index in [0.717, 1.165) is 42.8 Å². The Morgan fingerprint density at radius 2 is 2.07 bits per heavy atom. The van der Waals surface area contributed by atoms with E-state index in [-0.39, 0.29) is 11.7 Å². The number of hydrogen-bond donors (Lipinski definition) is 2. The normalized spacial score (nSPS) is 22.3. The summed E-state index contributed by atoms with van der Waals surface area (Å²) in [5.74, 6) is 2.09. The molecule has 8 heteroatoms. The highest BCUT2D eigenvalue weighted by Gasteiger charge is 2.39. The van der Waals surface area contributed by atoms with E-state index in [0.29, 0.717) is 43.0 Å². The van der Waals surface area contributed by atoms with Crippen molar-refractivity contribution in [3.63, 3.8) is 0 Å². The number of nitrogens with two attached hydrogens (primary N) is 1. The highest BCUT2D eigenvalue weighted by atomic mass is 16.5. The van der Waals surface area contributed by atoms with E-state index >= 15 is 0 Å². The van der Waals surface area contributed by atoms with Crippen LogP contribution in [0.3, 0.4) is 0 Å². The molecule has 0 saturated carbocycles. The highest BCUT2D eigenvalue weighted by molar-refractivity contribution is 6.01. The minimum Gasteiger partial charge on any atom is -0.468 e. The molecule has 3 N–H and O–H groups in total. The monoisotopic (exact) mass is 367 g/mol. The van der Waals surface area contributed by atoms with Crippen LogP contribution in [0, 0.1) is 0 Å². The van der Waals surface area contributed by atoms with Crippen molar-refractivity contribution in [3.8, 4) is 0 Å². The molecule has 0 amide bonds. The topological polar surface area (TPSA) is 107 Å². The minimum atomic E-state index is -0.363. The zero-order chi connectivity index (χ0) is 18.4. The van der Waals surface area contributed by atoms with E-state index < -0.39 is 0 Å².